The fourth-order valence-corrected chi connectivity index (χ4v) is 2.65. The van der Waals surface area contributed by atoms with E-state index in [2.05, 4.69) is 5.32 Å². The van der Waals surface area contributed by atoms with Gasteiger partial charge in [-0.1, -0.05) is 30.3 Å². The van der Waals surface area contributed by atoms with E-state index in [0.29, 0.717) is 22.8 Å². The Bertz CT molecular complexity index is 838. The van der Waals surface area contributed by atoms with Crippen LogP contribution in [0.3, 0.4) is 0 Å². The third kappa shape index (κ3) is 6.27. The topological polar surface area (TPSA) is 83.1 Å². The number of carbonyl (C=O) groups is 2. The molecular formula is C22H25NO6. The number of carbonyl (C=O) groups excluding carboxylic acids is 2. The maximum absolute atomic E-state index is 12.0. The normalized spacial score (nSPS) is 11.6. The van der Waals surface area contributed by atoms with Crippen LogP contribution in [0.4, 0.5) is 0 Å². The Morgan fingerprint density at radius 1 is 1.00 bits per heavy atom. The van der Waals surface area contributed by atoms with Gasteiger partial charge in [0, 0.05) is 6.08 Å². The van der Waals surface area contributed by atoms with Crippen LogP contribution in [0.25, 0.3) is 6.08 Å². The average molecular weight is 399 g/mol. The summed E-state index contributed by atoms with van der Waals surface area (Å²) in [4.78, 5) is 23.9. The first kappa shape index (κ1) is 21.8. The monoisotopic (exact) mass is 399 g/mol. The van der Waals surface area contributed by atoms with Gasteiger partial charge in [0.15, 0.2) is 18.1 Å². The van der Waals surface area contributed by atoms with Crippen molar-refractivity contribution in [3.8, 4) is 17.2 Å². The molecule has 29 heavy (non-hydrogen) atoms. The second kappa shape index (κ2) is 10.8. The molecule has 1 amide bonds. The maximum Gasteiger partial charge on any atom is 0.331 e. The number of ether oxygens (including phenoxy) is 4. The zero-order valence-corrected chi connectivity index (χ0v) is 16.9. The predicted molar refractivity (Wildman–Crippen MR) is 109 cm³/mol. The Balaban J connectivity index is 1.92. The van der Waals surface area contributed by atoms with Crippen LogP contribution < -0.4 is 19.5 Å². The average Bonchev–Trinajstić information content (AvgIpc) is 2.75. The third-order valence-corrected chi connectivity index (χ3v) is 4.12. The molecule has 0 aliphatic rings. The Morgan fingerprint density at radius 3 is 2.17 bits per heavy atom. The molecule has 2 aromatic carbocycles. The van der Waals surface area contributed by atoms with Crippen LogP contribution in [-0.4, -0.2) is 39.8 Å². The molecule has 0 saturated carbocycles. The third-order valence-electron chi connectivity index (χ3n) is 4.12. The van der Waals surface area contributed by atoms with Crippen molar-refractivity contribution in [3.63, 3.8) is 0 Å². The second-order valence-corrected chi connectivity index (χ2v) is 6.10. The van der Waals surface area contributed by atoms with Crippen LogP contribution in [0, 0.1) is 0 Å². The summed E-state index contributed by atoms with van der Waals surface area (Å²) in [6, 6.07) is 12.7. The van der Waals surface area contributed by atoms with Gasteiger partial charge in [0.1, 0.15) is 0 Å². The highest BCUT2D eigenvalue weighted by Gasteiger charge is 2.13. The van der Waals surface area contributed by atoms with E-state index >= 15 is 0 Å². The highest BCUT2D eigenvalue weighted by Crippen LogP contribution is 2.38. The molecule has 2 aromatic rings. The fourth-order valence-electron chi connectivity index (χ4n) is 2.65. The van der Waals surface area contributed by atoms with Crippen molar-refractivity contribution < 1.29 is 28.5 Å². The highest BCUT2D eigenvalue weighted by molar-refractivity contribution is 5.89. The Labute approximate surface area is 170 Å². The maximum atomic E-state index is 12.0. The number of esters is 1. The molecule has 1 atom stereocenters. The van der Waals surface area contributed by atoms with Gasteiger partial charge < -0.3 is 24.3 Å². The Morgan fingerprint density at radius 2 is 1.62 bits per heavy atom. The number of methoxy groups -OCH3 is 3. The van der Waals surface area contributed by atoms with Gasteiger partial charge >= 0.3 is 5.97 Å². The van der Waals surface area contributed by atoms with Crippen molar-refractivity contribution in [1.82, 2.24) is 5.32 Å². The molecule has 0 aliphatic heterocycles. The van der Waals surface area contributed by atoms with Crippen molar-refractivity contribution in [3.05, 3.63) is 59.7 Å². The Hall–Kier alpha value is -3.48. The van der Waals surface area contributed by atoms with Crippen molar-refractivity contribution in [2.45, 2.75) is 13.0 Å². The summed E-state index contributed by atoms with van der Waals surface area (Å²) >= 11 is 0. The number of nitrogens with one attached hydrogen (secondary N) is 1. The van der Waals surface area contributed by atoms with Gasteiger partial charge in [-0.15, -0.1) is 0 Å². The van der Waals surface area contributed by atoms with Gasteiger partial charge in [0.2, 0.25) is 5.75 Å². The molecule has 2 rings (SSSR count). The summed E-state index contributed by atoms with van der Waals surface area (Å²) in [7, 11) is 4.53. The first-order chi connectivity index (χ1) is 14.0. The fraction of sp³-hybridized carbons (Fsp3) is 0.273. The number of hydrogen-bond donors (Lipinski definition) is 1. The lowest BCUT2D eigenvalue weighted by atomic mass is 10.1. The molecular weight excluding hydrogens is 374 g/mol. The second-order valence-electron chi connectivity index (χ2n) is 6.10. The lowest BCUT2D eigenvalue weighted by molar-refractivity contribution is -0.144. The summed E-state index contributed by atoms with van der Waals surface area (Å²) in [6.07, 6.45) is 2.77. The van der Waals surface area contributed by atoms with E-state index in [1.807, 2.05) is 37.3 Å². The van der Waals surface area contributed by atoms with Gasteiger partial charge in [-0.05, 0) is 36.3 Å². The van der Waals surface area contributed by atoms with Crippen LogP contribution >= 0.6 is 0 Å². The van der Waals surface area contributed by atoms with E-state index in [4.69, 9.17) is 18.9 Å². The van der Waals surface area contributed by atoms with Crippen molar-refractivity contribution in [1.29, 1.82) is 0 Å². The standard InChI is InChI=1S/C22H25NO6/c1-15(17-8-6-5-7-9-17)23-20(24)14-29-21(25)11-10-16-12-18(26-2)22(28-4)19(13-16)27-3/h5-13,15H,14H2,1-4H3,(H,23,24)/b11-10+/t15-/m0/s1. The lowest BCUT2D eigenvalue weighted by Gasteiger charge is -2.14. The highest BCUT2D eigenvalue weighted by atomic mass is 16.5. The van der Waals surface area contributed by atoms with Crippen molar-refractivity contribution in [2.24, 2.45) is 0 Å². The van der Waals surface area contributed by atoms with Gasteiger partial charge in [0.05, 0.1) is 27.4 Å². The minimum absolute atomic E-state index is 0.183. The molecule has 0 spiro atoms. The molecule has 0 bridgehead atoms. The number of amides is 1. The quantitative estimate of drug-likeness (QED) is 0.515. The zero-order valence-electron chi connectivity index (χ0n) is 16.9. The first-order valence-corrected chi connectivity index (χ1v) is 8.97. The molecule has 0 saturated heterocycles. The number of benzene rings is 2. The van der Waals surface area contributed by atoms with E-state index in [9.17, 15) is 9.59 Å². The summed E-state index contributed by atoms with van der Waals surface area (Å²) in [6.45, 7) is 1.50. The van der Waals surface area contributed by atoms with Crippen LogP contribution in [-0.2, 0) is 14.3 Å². The molecule has 1 N–H and O–H groups in total. The number of rotatable bonds is 9. The van der Waals surface area contributed by atoms with E-state index in [1.54, 1.807) is 12.1 Å². The summed E-state index contributed by atoms with van der Waals surface area (Å²) in [5.41, 5.74) is 1.62. The minimum atomic E-state index is -0.638. The largest absolute Gasteiger partial charge is 0.493 e. The molecule has 0 fully saturated rings. The van der Waals surface area contributed by atoms with Crippen LogP contribution in [0.1, 0.15) is 24.1 Å². The molecule has 0 radical (unpaired) electrons. The van der Waals surface area contributed by atoms with E-state index in [-0.39, 0.29) is 18.6 Å². The predicted octanol–water partition coefficient (Wildman–Crippen LogP) is 3.15. The molecule has 7 nitrogen and oxygen atoms in total. The molecule has 7 heteroatoms. The van der Waals surface area contributed by atoms with Gasteiger partial charge in [-0.2, -0.15) is 0 Å². The lowest BCUT2D eigenvalue weighted by Crippen LogP contribution is -2.30. The molecule has 0 unspecified atom stereocenters. The van der Waals surface area contributed by atoms with Crippen molar-refractivity contribution in [2.75, 3.05) is 27.9 Å². The van der Waals surface area contributed by atoms with Gasteiger partial charge in [-0.3, -0.25) is 4.79 Å². The van der Waals surface area contributed by atoms with E-state index in [1.165, 1.54) is 33.5 Å². The summed E-state index contributed by atoms with van der Waals surface area (Å²) in [5, 5.41) is 2.78. The van der Waals surface area contributed by atoms with Gasteiger partial charge in [0.25, 0.3) is 5.91 Å². The smallest absolute Gasteiger partial charge is 0.331 e. The van der Waals surface area contributed by atoms with E-state index in [0.717, 1.165) is 5.56 Å². The minimum Gasteiger partial charge on any atom is -0.493 e. The molecule has 0 aromatic heterocycles. The van der Waals surface area contributed by atoms with Crippen LogP contribution in [0.5, 0.6) is 17.2 Å². The summed E-state index contributed by atoms with van der Waals surface area (Å²) < 4.78 is 20.8. The van der Waals surface area contributed by atoms with E-state index < -0.39 is 5.97 Å². The van der Waals surface area contributed by atoms with Crippen LogP contribution in [0.15, 0.2) is 48.5 Å². The van der Waals surface area contributed by atoms with Crippen molar-refractivity contribution >= 4 is 18.0 Å². The molecule has 154 valence electrons. The SMILES string of the molecule is COc1cc(/C=C/C(=O)OCC(=O)N[C@@H](C)c2ccccc2)cc(OC)c1OC. The van der Waals surface area contributed by atoms with Crippen LogP contribution in [0.2, 0.25) is 0 Å². The first-order valence-electron chi connectivity index (χ1n) is 8.97. The Kier molecular flexibility index (Phi) is 8.09. The molecule has 0 heterocycles. The zero-order chi connectivity index (χ0) is 21.2. The molecule has 0 aliphatic carbocycles. The van der Waals surface area contributed by atoms with Gasteiger partial charge in [-0.25, -0.2) is 4.79 Å². The summed E-state index contributed by atoms with van der Waals surface area (Å²) in [5.74, 6) is 0.374. The number of hydrogen-bond acceptors (Lipinski definition) is 6.